The standard InChI is InChI=1S/C19H19N3O5S/c1-9-5-6-21-18-14(9)15(20)16(28-18)17(23)22-11-8-13(26-3)12(25-2)7-10(11)19(24)27-4/h5-8H,20H2,1-4H3,(H,22,23). The molecule has 1 amide bonds. The second kappa shape index (κ2) is 7.73. The molecular weight excluding hydrogens is 382 g/mol. The van der Waals surface area contributed by atoms with E-state index in [1.54, 1.807) is 6.20 Å². The van der Waals surface area contributed by atoms with Crippen LogP contribution in [0, 0.1) is 6.92 Å². The number of nitrogens with two attached hydrogens (primary N) is 1. The summed E-state index contributed by atoms with van der Waals surface area (Å²) >= 11 is 1.18. The van der Waals surface area contributed by atoms with Crippen molar-refractivity contribution in [3.05, 3.63) is 40.4 Å². The first-order valence-corrected chi connectivity index (χ1v) is 9.02. The lowest BCUT2D eigenvalue weighted by Gasteiger charge is -2.14. The summed E-state index contributed by atoms with van der Waals surface area (Å²) in [7, 11) is 4.16. The summed E-state index contributed by atoms with van der Waals surface area (Å²) in [4.78, 5) is 30.3. The van der Waals surface area contributed by atoms with Crippen molar-refractivity contribution in [3.63, 3.8) is 0 Å². The fourth-order valence-electron chi connectivity index (χ4n) is 2.81. The summed E-state index contributed by atoms with van der Waals surface area (Å²) in [6.07, 6.45) is 1.67. The van der Waals surface area contributed by atoms with E-state index in [0.717, 1.165) is 10.9 Å². The zero-order chi connectivity index (χ0) is 20.4. The molecule has 8 nitrogen and oxygen atoms in total. The number of nitrogen functional groups attached to an aromatic ring is 1. The molecule has 0 spiro atoms. The van der Waals surface area contributed by atoms with Crippen LogP contribution in [0.3, 0.4) is 0 Å². The van der Waals surface area contributed by atoms with Crippen molar-refractivity contribution in [1.29, 1.82) is 0 Å². The number of nitrogens with one attached hydrogen (secondary N) is 1. The first kappa shape index (κ1) is 19.4. The number of hydrogen-bond donors (Lipinski definition) is 2. The molecule has 0 saturated heterocycles. The van der Waals surface area contributed by atoms with Gasteiger partial charge in [0.1, 0.15) is 9.71 Å². The van der Waals surface area contributed by atoms with Crippen LogP contribution in [0.1, 0.15) is 25.6 Å². The lowest BCUT2D eigenvalue weighted by atomic mass is 10.1. The molecule has 0 aliphatic carbocycles. The zero-order valence-electron chi connectivity index (χ0n) is 15.8. The van der Waals surface area contributed by atoms with E-state index in [-0.39, 0.29) is 11.3 Å². The molecular formula is C19H19N3O5S. The molecule has 0 atom stereocenters. The van der Waals surface area contributed by atoms with Crippen LogP contribution in [0.15, 0.2) is 24.4 Å². The van der Waals surface area contributed by atoms with Gasteiger partial charge < -0.3 is 25.3 Å². The van der Waals surface area contributed by atoms with E-state index in [0.29, 0.717) is 26.9 Å². The summed E-state index contributed by atoms with van der Waals surface area (Å²) in [5, 5.41) is 3.46. The third kappa shape index (κ3) is 3.31. The van der Waals surface area contributed by atoms with E-state index < -0.39 is 11.9 Å². The monoisotopic (exact) mass is 401 g/mol. The van der Waals surface area contributed by atoms with Gasteiger partial charge in [0.05, 0.1) is 38.3 Å². The number of benzene rings is 1. The van der Waals surface area contributed by atoms with Crippen LogP contribution in [-0.2, 0) is 4.74 Å². The number of anilines is 2. The Morgan fingerprint density at radius 3 is 2.43 bits per heavy atom. The molecule has 0 aliphatic heterocycles. The minimum atomic E-state index is -0.627. The lowest BCUT2D eigenvalue weighted by molar-refractivity contribution is 0.0601. The van der Waals surface area contributed by atoms with Crippen LogP contribution in [0.25, 0.3) is 10.2 Å². The Balaban J connectivity index is 2.05. The van der Waals surface area contributed by atoms with E-state index in [2.05, 4.69) is 10.3 Å². The number of carbonyl (C=O) groups excluding carboxylic acids is 2. The van der Waals surface area contributed by atoms with Crippen LogP contribution < -0.4 is 20.5 Å². The van der Waals surface area contributed by atoms with Gasteiger partial charge in [-0.15, -0.1) is 11.3 Å². The van der Waals surface area contributed by atoms with Crippen LogP contribution in [0.4, 0.5) is 11.4 Å². The molecule has 1 aromatic carbocycles. The smallest absolute Gasteiger partial charge is 0.340 e. The molecule has 0 fully saturated rings. The normalized spacial score (nSPS) is 10.6. The lowest BCUT2D eigenvalue weighted by Crippen LogP contribution is -2.16. The number of aryl methyl sites for hydroxylation is 1. The molecule has 0 aliphatic rings. The number of fused-ring (bicyclic) bond motifs is 1. The third-order valence-electron chi connectivity index (χ3n) is 4.22. The quantitative estimate of drug-likeness (QED) is 0.631. The molecule has 3 aromatic rings. The second-order valence-corrected chi connectivity index (χ2v) is 6.85. The van der Waals surface area contributed by atoms with Gasteiger partial charge in [-0.2, -0.15) is 0 Å². The second-order valence-electron chi connectivity index (χ2n) is 5.85. The molecule has 0 saturated carbocycles. The molecule has 3 N–H and O–H groups in total. The van der Waals surface area contributed by atoms with Crippen molar-refractivity contribution in [2.45, 2.75) is 6.92 Å². The Hall–Kier alpha value is -3.33. The molecule has 0 unspecified atom stereocenters. The Labute approximate surface area is 165 Å². The van der Waals surface area contributed by atoms with Gasteiger partial charge in [0, 0.05) is 23.7 Å². The number of carbonyl (C=O) groups is 2. The van der Waals surface area contributed by atoms with Crippen molar-refractivity contribution in [3.8, 4) is 11.5 Å². The van der Waals surface area contributed by atoms with E-state index in [9.17, 15) is 9.59 Å². The Morgan fingerprint density at radius 1 is 1.14 bits per heavy atom. The average molecular weight is 401 g/mol. The van der Waals surface area contributed by atoms with Crippen LogP contribution in [-0.4, -0.2) is 38.2 Å². The van der Waals surface area contributed by atoms with Gasteiger partial charge in [0.25, 0.3) is 5.91 Å². The van der Waals surface area contributed by atoms with Crippen molar-refractivity contribution in [1.82, 2.24) is 4.98 Å². The first-order valence-electron chi connectivity index (χ1n) is 8.20. The Bertz CT molecular complexity index is 1080. The molecule has 3 rings (SSSR count). The van der Waals surface area contributed by atoms with Crippen molar-refractivity contribution >= 4 is 44.8 Å². The molecule has 28 heavy (non-hydrogen) atoms. The van der Waals surface area contributed by atoms with Crippen molar-refractivity contribution in [2.24, 2.45) is 0 Å². The fourth-order valence-corrected chi connectivity index (χ4v) is 3.85. The Kier molecular flexibility index (Phi) is 5.36. The van der Waals surface area contributed by atoms with Gasteiger partial charge in [-0.1, -0.05) is 0 Å². The number of nitrogens with zero attached hydrogens (tertiary/aromatic N) is 1. The average Bonchev–Trinajstić information content (AvgIpc) is 3.04. The summed E-state index contributed by atoms with van der Waals surface area (Å²) in [6.45, 7) is 1.90. The predicted molar refractivity (Wildman–Crippen MR) is 108 cm³/mol. The number of amides is 1. The number of thiophene rings is 1. The van der Waals surface area contributed by atoms with Gasteiger partial charge in [0.15, 0.2) is 11.5 Å². The third-order valence-corrected chi connectivity index (χ3v) is 5.33. The van der Waals surface area contributed by atoms with Gasteiger partial charge >= 0.3 is 5.97 Å². The summed E-state index contributed by atoms with van der Waals surface area (Å²) in [5.41, 5.74) is 7.82. The van der Waals surface area contributed by atoms with Crippen molar-refractivity contribution < 1.29 is 23.8 Å². The Morgan fingerprint density at radius 2 is 1.82 bits per heavy atom. The topological polar surface area (TPSA) is 113 Å². The number of methoxy groups -OCH3 is 3. The number of pyridine rings is 1. The number of rotatable bonds is 5. The largest absolute Gasteiger partial charge is 0.493 e. The molecule has 0 radical (unpaired) electrons. The number of esters is 1. The number of aromatic nitrogens is 1. The number of ether oxygens (including phenoxy) is 3. The SMILES string of the molecule is COC(=O)c1cc(OC)c(OC)cc1NC(=O)c1sc2nccc(C)c2c1N. The maximum atomic E-state index is 12.9. The highest BCUT2D eigenvalue weighted by molar-refractivity contribution is 7.21. The van der Waals surface area contributed by atoms with Crippen LogP contribution in [0.2, 0.25) is 0 Å². The summed E-state index contributed by atoms with van der Waals surface area (Å²) in [6, 6.07) is 4.77. The minimum Gasteiger partial charge on any atom is -0.493 e. The predicted octanol–water partition coefficient (Wildman–Crippen LogP) is 3.24. The van der Waals surface area contributed by atoms with Crippen LogP contribution in [0.5, 0.6) is 11.5 Å². The molecule has 9 heteroatoms. The van der Waals surface area contributed by atoms with E-state index in [4.69, 9.17) is 19.9 Å². The summed E-state index contributed by atoms with van der Waals surface area (Å²) in [5.74, 6) is -0.398. The van der Waals surface area contributed by atoms with Crippen LogP contribution >= 0.6 is 11.3 Å². The first-order chi connectivity index (χ1) is 13.4. The van der Waals surface area contributed by atoms with Gasteiger partial charge in [0.2, 0.25) is 0 Å². The molecule has 146 valence electrons. The van der Waals surface area contributed by atoms with Crippen molar-refractivity contribution in [2.75, 3.05) is 32.4 Å². The van der Waals surface area contributed by atoms with E-state index >= 15 is 0 Å². The van der Waals surface area contributed by atoms with Gasteiger partial charge in [-0.3, -0.25) is 4.79 Å². The van der Waals surface area contributed by atoms with Gasteiger partial charge in [-0.05, 0) is 18.6 Å². The fraction of sp³-hybridized carbons (Fsp3) is 0.211. The summed E-state index contributed by atoms with van der Waals surface area (Å²) < 4.78 is 15.3. The maximum Gasteiger partial charge on any atom is 0.340 e. The van der Waals surface area contributed by atoms with E-state index in [1.807, 2.05) is 13.0 Å². The minimum absolute atomic E-state index is 0.127. The highest BCUT2D eigenvalue weighted by atomic mass is 32.1. The highest BCUT2D eigenvalue weighted by Gasteiger charge is 2.23. The van der Waals surface area contributed by atoms with Gasteiger partial charge in [-0.25, -0.2) is 9.78 Å². The zero-order valence-corrected chi connectivity index (χ0v) is 16.6. The molecule has 0 bridgehead atoms. The molecule has 2 heterocycles. The highest BCUT2D eigenvalue weighted by Crippen LogP contribution is 2.37. The van der Waals surface area contributed by atoms with E-state index in [1.165, 1.54) is 44.8 Å². The maximum absolute atomic E-state index is 12.9. The number of hydrogen-bond acceptors (Lipinski definition) is 8. The molecule has 2 aromatic heterocycles.